The van der Waals surface area contributed by atoms with Gasteiger partial charge in [0.05, 0.1) is 0 Å². The molecule has 0 fully saturated rings. The van der Waals surface area contributed by atoms with Gasteiger partial charge in [-0.3, -0.25) is 4.79 Å². The number of phenolic OH excluding ortho intramolecular Hbond substituents is 1. The minimum absolute atomic E-state index is 0.0677. The van der Waals surface area contributed by atoms with Gasteiger partial charge in [0.2, 0.25) is 5.91 Å². The van der Waals surface area contributed by atoms with E-state index in [0.29, 0.717) is 12.8 Å². The van der Waals surface area contributed by atoms with Crippen molar-refractivity contribution < 1.29 is 9.90 Å². The van der Waals surface area contributed by atoms with Gasteiger partial charge in [-0.1, -0.05) is 12.1 Å². The van der Waals surface area contributed by atoms with Crippen molar-refractivity contribution in [1.82, 2.24) is 5.32 Å². The Bertz CT molecular complexity index is 317. The molecule has 0 atom stereocenters. The third-order valence-corrected chi connectivity index (χ3v) is 2.03. The summed E-state index contributed by atoms with van der Waals surface area (Å²) in [5, 5.41) is 11.9. The van der Waals surface area contributed by atoms with Gasteiger partial charge in [-0.2, -0.15) is 0 Å². The summed E-state index contributed by atoms with van der Waals surface area (Å²) in [6, 6.07) is 7.12. The number of aromatic hydroxyl groups is 1. The first-order valence-corrected chi connectivity index (χ1v) is 5.15. The molecule has 2 N–H and O–H groups in total. The van der Waals surface area contributed by atoms with Crippen LogP contribution in [0, 0.1) is 0 Å². The molecule has 0 saturated heterocycles. The van der Waals surface area contributed by atoms with Crippen LogP contribution in [-0.2, 0) is 11.2 Å². The van der Waals surface area contributed by atoms with Crippen LogP contribution in [0.1, 0.15) is 25.8 Å². The number of nitrogens with one attached hydrogen (secondary N) is 1. The fourth-order valence-electron chi connectivity index (χ4n) is 1.31. The van der Waals surface area contributed by atoms with E-state index in [2.05, 4.69) is 5.32 Å². The molecule has 3 heteroatoms. The van der Waals surface area contributed by atoms with E-state index in [4.69, 9.17) is 5.11 Å². The Hall–Kier alpha value is -1.51. The average Bonchev–Trinajstić information content (AvgIpc) is 2.16. The Labute approximate surface area is 90.1 Å². The predicted octanol–water partition coefficient (Wildman–Crippen LogP) is 1.85. The SMILES string of the molecule is CC(C)NC(=O)CCc1ccc(O)cc1. The molecule has 82 valence electrons. The van der Waals surface area contributed by atoms with E-state index in [1.165, 1.54) is 0 Å². The molecule has 1 aromatic carbocycles. The first-order valence-electron chi connectivity index (χ1n) is 5.15. The minimum atomic E-state index is 0.0677. The molecule has 0 saturated carbocycles. The number of amides is 1. The number of aryl methyl sites for hydroxylation is 1. The summed E-state index contributed by atoms with van der Waals surface area (Å²) in [6.45, 7) is 3.89. The predicted molar refractivity (Wildman–Crippen MR) is 59.7 cm³/mol. The lowest BCUT2D eigenvalue weighted by atomic mass is 10.1. The van der Waals surface area contributed by atoms with E-state index in [1.54, 1.807) is 12.1 Å². The molecule has 0 unspecified atom stereocenters. The standard InChI is InChI=1S/C12H17NO2/c1-9(2)13-12(15)8-5-10-3-6-11(14)7-4-10/h3-4,6-7,9,14H,5,8H2,1-2H3,(H,13,15). The van der Waals surface area contributed by atoms with Crippen molar-refractivity contribution in [3.63, 3.8) is 0 Å². The van der Waals surface area contributed by atoms with Gasteiger partial charge < -0.3 is 10.4 Å². The van der Waals surface area contributed by atoms with Crippen molar-refractivity contribution >= 4 is 5.91 Å². The molecule has 0 heterocycles. The van der Waals surface area contributed by atoms with Crippen LogP contribution in [-0.4, -0.2) is 17.1 Å². The van der Waals surface area contributed by atoms with Gasteiger partial charge in [0.25, 0.3) is 0 Å². The van der Waals surface area contributed by atoms with Gasteiger partial charge in [-0.25, -0.2) is 0 Å². The van der Waals surface area contributed by atoms with E-state index in [0.717, 1.165) is 5.56 Å². The van der Waals surface area contributed by atoms with Crippen LogP contribution < -0.4 is 5.32 Å². The fourth-order valence-corrected chi connectivity index (χ4v) is 1.31. The van der Waals surface area contributed by atoms with E-state index < -0.39 is 0 Å². The lowest BCUT2D eigenvalue weighted by Crippen LogP contribution is -2.30. The number of benzene rings is 1. The summed E-state index contributed by atoms with van der Waals surface area (Å²) >= 11 is 0. The summed E-state index contributed by atoms with van der Waals surface area (Å²) in [5.74, 6) is 0.323. The Balaban J connectivity index is 2.37. The summed E-state index contributed by atoms with van der Waals surface area (Å²) in [7, 11) is 0. The van der Waals surface area contributed by atoms with Crippen molar-refractivity contribution in [2.24, 2.45) is 0 Å². The third kappa shape index (κ3) is 4.49. The van der Waals surface area contributed by atoms with Crippen LogP contribution >= 0.6 is 0 Å². The highest BCUT2D eigenvalue weighted by molar-refractivity contribution is 5.76. The third-order valence-electron chi connectivity index (χ3n) is 2.03. The zero-order valence-corrected chi connectivity index (χ0v) is 9.16. The lowest BCUT2D eigenvalue weighted by Gasteiger charge is -2.07. The Morgan fingerprint density at radius 2 is 1.93 bits per heavy atom. The van der Waals surface area contributed by atoms with Crippen LogP contribution in [0.3, 0.4) is 0 Å². The minimum Gasteiger partial charge on any atom is -0.508 e. The van der Waals surface area contributed by atoms with Crippen LogP contribution in [0.4, 0.5) is 0 Å². The second-order valence-electron chi connectivity index (χ2n) is 3.89. The zero-order valence-electron chi connectivity index (χ0n) is 9.16. The Morgan fingerprint density at radius 3 is 2.47 bits per heavy atom. The second-order valence-corrected chi connectivity index (χ2v) is 3.89. The van der Waals surface area contributed by atoms with Gasteiger partial charge in [0, 0.05) is 12.5 Å². The van der Waals surface area contributed by atoms with Gasteiger partial charge in [-0.15, -0.1) is 0 Å². The maximum absolute atomic E-state index is 11.3. The van der Waals surface area contributed by atoms with Crippen molar-refractivity contribution in [3.8, 4) is 5.75 Å². The molecule has 0 aliphatic heterocycles. The normalized spacial score (nSPS) is 10.3. The molecule has 1 amide bonds. The highest BCUT2D eigenvalue weighted by Crippen LogP contribution is 2.10. The molecular formula is C12H17NO2. The van der Waals surface area contributed by atoms with Gasteiger partial charge in [0.15, 0.2) is 0 Å². The topological polar surface area (TPSA) is 49.3 Å². The maximum atomic E-state index is 11.3. The summed E-state index contributed by atoms with van der Waals surface area (Å²) < 4.78 is 0. The van der Waals surface area contributed by atoms with Crippen LogP contribution in [0.25, 0.3) is 0 Å². The molecule has 0 aliphatic carbocycles. The summed E-state index contributed by atoms with van der Waals surface area (Å²) in [6.07, 6.45) is 1.20. The molecular weight excluding hydrogens is 190 g/mol. The molecule has 1 aromatic rings. The van der Waals surface area contributed by atoms with Crippen molar-refractivity contribution in [2.75, 3.05) is 0 Å². The molecule has 3 nitrogen and oxygen atoms in total. The number of hydrogen-bond donors (Lipinski definition) is 2. The van der Waals surface area contributed by atoms with Crippen LogP contribution in [0.15, 0.2) is 24.3 Å². The smallest absolute Gasteiger partial charge is 0.220 e. The monoisotopic (exact) mass is 207 g/mol. The largest absolute Gasteiger partial charge is 0.508 e. The van der Waals surface area contributed by atoms with Gasteiger partial charge in [-0.05, 0) is 38.0 Å². The molecule has 15 heavy (non-hydrogen) atoms. The van der Waals surface area contributed by atoms with Gasteiger partial charge >= 0.3 is 0 Å². The number of hydrogen-bond acceptors (Lipinski definition) is 2. The fraction of sp³-hybridized carbons (Fsp3) is 0.417. The van der Waals surface area contributed by atoms with Gasteiger partial charge in [0.1, 0.15) is 5.75 Å². The number of carbonyl (C=O) groups excluding carboxylic acids is 1. The highest BCUT2D eigenvalue weighted by atomic mass is 16.3. The van der Waals surface area contributed by atoms with Crippen molar-refractivity contribution in [3.05, 3.63) is 29.8 Å². The second kappa shape index (κ2) is 5.39. The van der Waals surface area contributed by atoms with Crippen molar-refractivity contribution in [2.45, 2.75) is 32.7 Å². The van der Waals surface area contributed by atoms with E-state index >= 15 is 0 Å². The quantitative estimate of drug-likeness (QED) is 0.791. The molecule has 0 aliphatic rings. The number of carbonyl (C=O) groups is 1. The molecule has 0 bridgehead atoms. The first kappa shape index (κ1) is 11.6. The van der Waals surface area contributed by atoms with Crippen molar-refractivity contribution in [1.29, 1.82) is 0 Å². The van der Waals surface area contributed by atoms with E-state index in [-0.39, 0.29) is 17.7 Å². The summed E-state index contributed by atoms with van der Waals surface area (Å²) in [5.41, 5.74) is 1.06. The van der Waals surface area contributed by atoms with Crippen LogP contribution in [0.5, 0.6) is 5.75 Å². The zero-order chi connectivity index (χ0) is 11.3. The van der Waals surface area contributed by atoms with Crippen LogP contribution in [0.2, 0.25) is 0 Å². The summed E-state index contributed by atoms with van der Waals surface area (Å²) in [4.78, 5) is 11.3. The molecule has 0 aromatic heterocycles. The Morgan fingerprint density at radius 1 is 1.33 bits per heavy atom. The molecule has 0 spiro atoms. The highest BCUT2D eigenvalue weighted by Gasteiger charge is 2.03. The maximum Gasteiger partial charge on any atom is 0.220 e. The Kier molecular flexibility index (Phi) is 4.16. The number of phenols is 1. The van der Waals surface area contributed by atoms with E-state index in [1.807, 2.05) is 26.0 Å². The first-order chi connectivity index (χ1) is 7.08. The average molecular weight is 207 g/mol. The number of rotatable bonds is 4. The molecule has 1 rings (SSSR count). The molecule has 0 radical (unpaired) electrons. The van der Waals surface area contributed by atoms with E-state index in [9.17, 15) is 4.79 Å². The lowest BCUT2D eigenvalue weighted by molar-refractivity contribution is -0.121.